The van der Waals surface area contributed by atoms with E-state index < -0.39 is 0 Å². The molecule has 3 aromatic rings. The third-order valence-corrected chi connectivity index (χ3v) is 8.51. The van der Waals surface area contributed by atoms with Crippen LogP contribution >= 0.6 is 0 Å². The molecule has 5 heterocycles. The molecule has 0 amide bonds. The van der Waals surface area contributed by atoms with Gasteiger partial charge in [0.25, 0.3) is 0 Å². The van der Waals surface area contributed by atoms with E-state index in [2.05, 4.69) is 60.9 Å². The van der Waals surface area contributed by atoms with Crippen LogP contribution < -0.4 is 26.0 Å². The van der Waals surface area contributed by atoms with Gasteiger partial charge in [-0.05, 0) is 61.1 Å². The molecular weight excluding hydrogens is 476 g/mol. The Morgan fingerprint density at radius 3 is 2.26 bits per heavy atom. The summed E-state index contributed by atoms with van der Waals surface area (Å²) >= 11 is 0. The maximum Gasteiger partial charge on any atom is 0.250 e. The van der Waals surface area contributed by atoms with Crippen LogP contribution in [0.2, 0.25) is 0 Å². The van der Waals surface area contributed by atoms with Gasteiger partial charge in [-0.1, -0.05) is 12.1 Å². The second-order valence-electron chi connectivity index (χ2n) is 11.0. The lowest BCUT2D eigenvalue weighted by Gasteiger charge is -2.36. The fourth-order valence-corrected chi connectivity index (χ4v) is 6.06. The molecule has 1 aromatic carbocycles. The molecule has 2 N–H and O–H groups in total. The molecule has 0 spiro atoms. The average Bonchev–Trinajstić information content (AvgIpc) is 2.94. The van der Waals surface area contributed by atoms with Crippen molar-refractivity contribution in [1.82, 2.24) is 19.4 Å². The van der Waals surface area contributed by atoms with E-state index in [-0.39, 0.29) is 5.56 Å². The van der Waals surface area contributed by atoms with Crippen molar-refractivity contribution in [2.24, 2.45) is 7.05 Å². The lowest BCUT2D eigenvalue weighted by molar-refractivity contribution is 0.312. The van der Waals surface area contributed by atoms with Crippen molar-refractivity contribution in [1.29, 1.82) is 0 Å². The van der Waals surface area contributed by atoms with Crippen molar-refractivity contribution in [3.8, 4) is 0 Å². The fraction of sp³-hybridized carbons (Fsp3) is 0.483. The van der Waals surface area contributed by atoms with Crippen LogP contribution in [0.3, 0.4) is 0 Å². The average molecular weight is 515 g/mol. The Balaban J connectivity index is 1.15. The van der Waals surface area contributed by atoms with Crippen LogP contribution in [0.15, 0.2) is 47.4 Å². The Bertz CT molecular complexity index is 1350. The first-order chi connectivity index (χ1) is 18.4. The van der Waals surface area contributed by atoms with Gasteiger partial charge >= 0.3 is 0 Å². The fourth-order valence-electron chi connectivity index (χ4n) is 6.06. The number of piperidine rings is 1. The molecule has 38 heavy (non-hydrogen) atoms. The smallest absolute Gasteiger partial charge is 0.250 e. The van der Waals surface area contributed by atoms with Gasteiger partial charge < -0.3 is 29.9 Å². The van der Waals surface area contributed by atoms with E-state index in [0.29, 0.717) is 11.9 Å². The first kappa shape index (κ1) is 24.7. The standard InChI is InChI=1S/C29H38N8O/c1-33-13-15-36(16-14-33)26-18-27(32-29(30)31-26)37-12-9-21-3-5-25(17-24(21)20-37)35-10-7-22(8-11-35)23-4-6-28(38)34(2)19-23/h3-6,17-19,22H,7-16,20H2,1-2H3,(H2,30,31,32). The number of pyridine rings is 1. The van der Waals surface area contributed by atoms with Crippen molar-refractivity contribution >= 4 is 23.3 Å². The first-order valence-electron chi connectivity index (χ1n) is 13.8. The zero-order valence-corrected chi connectivity index (χ0v) is 22.5. The molecule has 9 nitrogen and oxygen atoms in total. The second-order valence-corrected chi connectivity index (χ2v) is 11.0. The number of nitrogens with zero attached hydrogens (tertiary/aromatic N) is 7. The van der Waals surface area contributed by atoms with Crippen LogP contribution in [0.4, 0.5) is 23.3 Å². The van der Waals surface area contributed by atoms with Crippen LogP contribution in [0.5, 0.6) is 0 Å². The summed E-state index contributed by atoms with van der Waals surface area (Å²) in [6.07, 6.45) is 5.19. The Morgan fingerprint density at radius 2 is 1.53 bits per heavy atom. The summed E-state index contributed by atoms with van der Waals surface area (Å²) in [5, 5.41) is 0. The second kappa shape index (κ2) is 10.3. The largest absolute Gasteiger partial charge is 0.371 e. The van der Waals surface area contributed by atoms with Gasteiger partial charge in [0.2, 0.25) is 11.5 Å². The number of piperazine rings is 1. The zero-order valence-electron chi connectivity index (χ0n) is 22.5. The number of aromatic nitrogens is 3. The van der Waals surface area contributed by atoms with Crippen LogP contribution in [-0.2, 0) is 20.0 Å². The van der Waals surface area contributed by atoms with Gasteiger partial charge in [-0.25, -0.2) is 0 Å². The van der Waals surface area contributed by atoms with Crippen LogP contribution in [0.1, 0.15) is 35.4 Å². The van der Waals surface area contributed by atoms with E-state index in [1.165, 1.54) is 22.4 Å². The third kappa shape index (κ3) is 5.07. The van der Waals surface area contributed by atoms with Crippen LogP contribution in [-0.4, -0.2) is 72.3 Å². The minimum absolute atomic E-state index is 0.0505. The van der Waals surface area contributed by atoms with E-state index >= 15 is 0 Å². The molecule has 200 valence electrons. The lowest BCUT2D eigenvalue weighted by atomic mass is 9.90. The Kier molecular flexibility index (Phi) is 6.69. The summed E-state index contributed by atoms with van der Waals surface area (Å²) in [7, 11) is 3.99. The van der Waals surface area contributed by atoms with Crippen LogP contribution in [0.25, 0.3) is 0 Å². The Morgan fingerprint density at radius 1 is 0.789 bits per heavy atom. The summed E-state index contributed by atoms with van der Waals surface area (Å²) in [6, 6.07) is 12.8. The first-order valence-corrected chi connectivity index (χ1v) is 13.8. The molecule has 3 aliphatic heterocycles. The molecular formula is C29H38N8O. The van der Waals surface area contributed by atoms with Crippen molar-refractivity contribution in [2.45, 2.75) is 31.7 Å². The number of hydrogen-bond acceptors (Lipinski definition) is 8. The predicted octanol–water partition coefficient (Wildman–Crippen LogP) is 2.46. The molecule has 6 rings (SSSR count). The molecule has 0 atom stereocenters. The molecule has 3 aliphatic rings. The van der Waals surface area contributed by atoms with E-state index in [9.17, 15) is 4.79 Å². The van der Waals surface area contributed by atoms with Gasteiger partial charge in [0.15, 0.2) is 0 Å². The molecule has 2 aromatic heterocycles. The number of likely N-dealkylation sites (N-methyl/N-ethyl adjacent to an activating group) is 1. The maximum absolute atomic E-state index is 11.8. The predicted molar refractivity (Wildman–Crippen MR) is 153 cm³/mol. The molecule has 9 heteroatoms. The molecule has 2 saturated heterocycles. The SMILES string of the molecule is CN1CCN(c2cc(N3CCc4ccc(N5CCC(c6ccc(=O)n(C)c6)CC5)cc4C3)nc(N)n2)CC1. The molecule has 0 bridgehead atoms. The highest BCUT2D eigenvalue weighted by Crippen LogP contribution is 2.33. The Hall–Kier alpha value is -3.59. The summed E-state index contributed by atoms with van der Waals surface area (Å²) < 4.78 is 1.69. The number of hydrogen-bond donors (Lipinski definition) is 1. The van der Waals surface area contributed by atoms with Crippen molar-refractivity contribution in [3.63, 3.8) is 0 Å². The van der Waals surface area contributed by atoms with Gasteiger partial charge in [-0.2, -0.15) is 9.97 Å². The van der Waals surface area contributed by atoms with Gasteiger partial charge in [0, 0.05) is 83.4 Å². The van der Waals surface area contributed by atoms with Crippen molar-refractivity contribution < 1.29 is 0 Å². The third-order valence-electron chi connectivity index (χ3n) is 8.51. The van der Waals surface area contributed by atoms with E-state index in [1.807, 2.05) is 19.3 Å². The number of anilines is 4. The van der Waals surface area contributed by atoms with E-state index in [4.69, 9.17) is 5.73 Å². The highest BCUT2D eigenvalue weighted by atomic mass is 16.1. The molecule has 2 fully saturated rings. The Labute approximate surface area is 224 Å². The highest BCUT2D eigenvalue weighted by Gasteiger charge is 2.25. The minimum atomic E-state index is 0.0505. The summed E-state index contributed by atoms with van der Waals surface area (Å²) in [5.74, 6) is 2.70. The molecule has 0 radical (unpaired) electrons. The van der Waals surface area contributed by atoms with Gasteiger partial charge in [-0.15, -0.1) is 0 Å². The molecule has 0 saturated carbocycles. The number of aryl methyl sites for hydroxylation is 1. The summed E-state index contributed by atoms with van der Waals surface area (Å²) in [4.78, 5) is 30.5. The lowest BCUT2D eigenvalue weighted by Crippen LogP contribution is -2.45. The van der Waals surface area contributed by atoms with Gasteiger partial charge in [-0.3, -0.25) is 4.79 Å². The molecule has 0 aliphatic carbocycles. The topological polar surface area (TPSA) is 86.8 Å². The van der Waals surface area contributed by atoms with Gasteiger partial charge in [0.05, 0.1) is 0 Å². The van der Waals surface area contributed by atoms with Crippen molar-refractivity contribution in [3.05, 3.63) is 69.6 Å². The molecule has 0 unspecified atom stereocenters. The number of nitrogen functional groups attached to an aromatic ring is 1. The number of rotatable bonds is 4. The van der Waals surface area contributed by atoms with E-state index in [0.717, 1.165) is 83.3 Å². The zero-order chi connectivity index (χ0) is 26.2. The minimum Gasteiger partial charge on any atom is -0.371 e. The quantitative estimate of drug-likeness (QED) is 0.568. The summed E-state index contributed by atoms with van der Waals surface area (Å²) in [5.41, 5.74) is 11.6. The monoisotopic (exact) mass is 514 g/mol. The highest BCUT2D eigenvalue weighted by molar-refractivity contribution is 5.58. The number of benzene rings is 1. The number of nitrogens with two attached hydrogens (primary N) is 1. The maximum atomic E-state index is 11.8. The number of fused-ring (bicyclic) bond motifs is 1. The van der Waals surface area contributed by atoms with E-state index in [1.54, 1.807) is 10.6 Å². The van der Waals surface area contributed by atoms with Crippen LogP contribution in [0, 0.1) is 0 Å². The normalized spacial score (nSPS) is 19.1. The van der Waals surface area contributed by atoms with Crippen molar-refractivity contribution in [2.75, 3.05) is 73.3 Å². The summed E-state index contributed by atoms with van der Waals surface area (Å²) in [6.45, 7) is 7.77. The van der Waals surface area contributed by atoms with Gasteiger partial charge in [0.1, 0.15) is 11.6 Å².